The lowest BCUT2D eigenvalue weighted by atomic mass is 9.89. The summed E-state index contributed by atoms with van der Waals surface area (Å²) >= 11 is 0. The molecule has 0 aliphatic carbocycles. The SMILES string of the molecule is O=Nc1ccc(C2CCN(c3cc(NCCN4C(=O)c5ccccc5C4=O)ccc3N=O)CC2)cc1. The quantitative estimate of drug-likeness (QED) is 0.331. The number of hydrogen-bond acceptors (Lipinski definition) is 8. The average molecular weight is 484 g/mol. The molecule has 5 rings (SSSR count). The molecule has 0 atom stereocenters. The summed E-state index contributed by atoms with van der Waals surface area (Å²) in [5.74, 6) is -0.187. The first kappa shape index (κ1) is 23.3. The van der Waals surface area contributed by atoms with E-state index < -0.39 is 0 Å². The Kier molecular flexibility index (Phi) is 6.53. The van der Waals surface area contributed by atoms with E-state index in [-0.39, 0.29) is 18.4 Å². The number of imide groups is 1. The van der Waals surface area contributed by atoms with E-state index in [4.69, 9.17) is 0 Å². The Hall–Kier alpha value is -4.40. The van der Waals surface area contributed by atoms with Crippen molar-refractivity contribution in [1.82, 2.24) is 4.90 Å². The molecule has 1 N–H and O–H groups in total. The minimum Gasteiger partial charge on any atom is -0.383 e. The van der Waals surface area contributed by atoms with E-state index in [1.165, 1.54) is 10.5 Å². The summed E-state index contributed by atoms with van der Waals surface area (Å²) in [6.07, 6.45) is 1.81. The van der Waals surface area contributed by atoms with Gasteiger partial charge in [0.25, 0.3) is 11.8 Å². The maximum absolute atomic E-state index is 12.6. The van der Waals surface area contributed by atoms with E-state index in [9.17, 15) is 19.4 Å². The molecule has 1 fully saturated rings. The van der Waals surface area contributed by atoms with Gasteiger partial charge >= 0.3 is 0 Å². The molecule has 2 heterocycles. The summed E-state index contributed by atoms with van der Waals surface area (Å²) in [5, 5.41) is 9.43. The molecule has 3 aromatic carbocycles. The van der Waals surface area contributed by atoms with Crippen LogP contribution in [0.2, 0.25) is 0 Å². The average Bonchev–Trinajstić information content (AvgIpc) is 3.18. The molecule has 3 aromatic rings. The Morgan fingerprint density at radius 1 is 0.833 bits per heavy atom. The van der Waals surface area contributed by atoms with Crippen molar-refractivity contribution in [3.63, 3.8) is 0 Å². The van der Waals surface area contributed by atoms with Gasteiger partial charge in [0.05, 0.1) is 16.8 Å². The molecule has 0 aromatic heterocycles. The van der Waals surface area contributed by atoms with E-state index in [2.05, 4.69) is 20.6 Å². The maximum Gasteiger partial charge on any atom is 0.261 e. The van der Waals surface area contributed by atoms with Crippen LogP contribution in [0.15, 0.2) is 77.1 Å². The van der Waals surface area contributed by atoms with Gasteiger partial charge < -0.3 is 10.2 Å². The second kappa shape index (κ2) is 10.1. The van der Waals surface area contributed by atoms with Gasteiger partial charge in [0.15, 0.2) is 0 Å². The van der Waals surface area contributed by atoms with Gasteiger partial charge in [-0.1, -0.05) is 24.3 Å². The third kappa shape index (κ3) is 4.47. The fraction of sp³-hybridized carbons (Fsp3) is 0.259. The Balaban J connectivity index is 1.21. The molecule has 0 radical (unpaired) electrons. The number of benzene rings is 3. The molecular formula is C27H25N5O4. The van der Waals surface area contributed by atoms with Crippen molar-refractivity contribution in [2.45, 2.75) is 18.8 Å². The highest BCUT2D eigenvalue weighted by atomic mass is 16.3. The van der Waals surface area contributed by atoms with Gasteiger partial charge in [-0.15, -0.1) is 9.81 Å². The van der Waals surface area contributed by atoms with Crippen LogP contribution in [-0.4, -0.2) is 42.9 Å². The van der Waals surface area contributed by atoms with E-state index in [1.54, 1.807) is 48.5 Å². The zero-order valence-electron chi connectivity index (χ0n) is 19.6. The summed E-state index contributed by atoms with van der Waals surface area (Å²) in [5.41, 5.74) is 4.39. The van der Waals surface area contributed by atoms with Crippen molar-refractivity contribution in [2.75, 3.05) is 36.4 Å². The molecule has 0 saturated carbocycles. The number of fused-ring (bicyclic) bond motifs is 1. The van der Waals surface area contributed by atoms with Crippen molar-refractivity contribution < 1.29 is 9.59 Å². The maximum atomic E-state index is 12.6. The predicted molar refractivity (Wildman–Crippen MR) is 138 cm³/mol. The van der Waals surface area contributed by atoms with Crippen LogP contribution >= 0.6 is 0 Å². The molecule has 0 bridgehead atoms. The molecule has 0 spiro atoms. The molecule has 9 nitrogen and oxygen atoms in total. The van der Waals surface area contributed by atoms with Crippen molar-refractivity contribution in [1.29, 1.82) is 0 Å². The lowest BCUT2D eigenvalue weighted by Gasteiger charge is -2.34. The highest BCUT2D eigenvalue weighted by Crippen LogP contribution is 2.37. The van der Waals surface area contributed by atoms with Crippen LogP contribution in [0.1, 0.15) is 45.0 Å². The van der Waals surface area contributed by atoms with Crippen molar-refractivity contribution in [2.24, 2.45) is 10.4 Å². The first-order valence-corrected chi connectivity index (χ1v) is 11.9. The first-order valence-electron chi connectivity index (χ1n) is 11.9. The fourth-order valence-corrected chi connectivity index (χ4v) is 4.98. The zero-order chi connectivity index (χ0) is 25.1. The van der Waals surface area contributed by atoms with Crippen LogP contribution in [0.25, 0.3) is 0 Å². The van der Waals surface area contributed by atoms with Gasteiger partial charge in [-0.3, -0.25) is 14.5 Å². The highest BCUT2D eigenvalue weighted by Gasteiger charge is 2.34. The minimum absolute atomic E-state index is 0.235. The number of rotatable bonds is 8. The topological polar surface area (TPSA) is 112 Å². The van der Waals surface area contributed by atoms with Gasteiger partial charge in [-0.2, -0.15) is 0 Å². The molecule has 182 valence electrons. The standard InChI is InChI=1S/C27H25N5O4/c33-26-22-3-1-2-4-23(22)27(34)32(26)16-13-28-21-9-10-24(30-36)25(17-21)31-14-11-19(12-15-31)18-5-7-20(29-35)8-6-18/h1-10,17,19,28H,11-16H2. The molecule has 2 aliphatic rings. The second-order valence-corrected chi connectivity index (χ2v) is 8.97. The lowest BCUT2D eigenvalue weighted by molar-refractivity contribution is 0.0660. The number of piperidine rings is 1. The number of hydrogen-bond donors (Lipinski definition) is 1. The van der Waals surface area contributed by atoms with Crippen molar-refractivity contribution in [3.8, 4) is 0 Å². The normalized spacial score (nSPS) is 15.7. The highest BCUT2D eigenvalue weighted by molar-refractivity contribution is 6.21. The molecule has 36 heavy (non-hydrogen) atoms. The van der Waals surface area contributed by atoms with Crippen molar-refractivity contribution in [3.05, 3.63) is 93.2 Å². The predicted octanol–water partition coefficient (Wildman–Crippen LogP) is 5.57. The van der Waals surface area contributed by atoms with E-state index in [0.29, 0.717) is 35.0 Å². The van der Waals surface area contributed by atoms with Gasteiger partial charge in [-0.25, -0.2) is 0 Å². The summed E-state index contributed by atoms with van der Waals surface area (Å²) in [4.78, 5) is 50.7. The zero-order valence-corrected chi connectivity index (χ0v) is 19.6. The lowest BCUT2D eigenvalue weighted by Crippen LogP contribution is -2.34. The summed E-state index contributed by atoms with van der Waals surface area (Å²) in [7, 11) is 0. The molecule has 2 aliphatic heterocycles. The number of nitroso groups, excluding NO2 is 2. The van der Waals surface area contributed by atoms with Crippen LogP contribution < -0.4 is 10.2 Å². The number of anilines is 2. The molecule has 0 unspecified atom stereocenters. The number of carbonyl (C=O) groups is 2. The van der Waals surface area contributed by atoms with Crippen LogP contribution in [0, 0.1) is 9.81 Å². The van der Waals surface area contributed by atoms with E-state index in [1.807, 2.05) is 18.2 Å². The van der Waals surface area contributed by atoms with Gasteiger partial charge in [0.1, 0.15) is 11.4 Å². The Morgan fingerprint density at radius 3 is 2.11 bits per heavy atom. The summed E-state index contributed by atoms with van der Waals surface area (Å²) < 4.78 is 0. The summed E-state index contributed by atoms with van der Waals surface area (Å²) in [6, 6.07) is 19.6. The van der Waals surface area contributed by atoms with Crippen LogP contribution in [-0.2, 0) is 0 Å². The molecular weight excluding hydrogens is 458 g/mol. The largest absolute Gasteiger partial charge is 0.383 e. The number of amides is 2. The van der Waals surface area contributed by atoms with E-state index >= 15 is 0 Å². The number of carbonyl (C=O) groups excluding carboxylic acids is 2. The smallest absolute Gasteiger partial charge is 0.261 e. The molecule has 1 saturated heterocycles. The molecule has 2 amide bonds. The monoisotopic (exact) mass is 483 g/mol. The fourth-order valence-electron chi connectivity index (χ4n) is 4.98. The van der Waals surface area contributed by atoms with Crippen LogP contribution in [0.3, 0.4) is 0 Å². The number of nitrogens with zero attached hydrogens (tertiary/aromatic N) is 4. The van der Waals surface area contributed by atoms with Gasteiger partial charge in [0, 0.05) is 31.9 Å². The minimum atomic E-state index is -0.279. The summed E-state index contributed by atoms with van der Waals surface area (Å²) in [6.45, 7) is 2.14. The Labute approximate surface area is 208 Å². The van der Waals surface area contributed by atoms with Gasteiger partial charge in [-0.05, 0) is 77.1 Å². The van der Waals surface area contributed by atoms with Crippen molar-refractivity contribution >= 4 is 34.6 Å². The Morgan fingerprint density at radius 2 is 1.50 bits per heavy atom. The number of nitrogens with one attached hydrogen (secondary N) is 1. The Bertz CT molecular complexity index is 1280. The third-order valence-electron chi connectivity index (χ3n) is 6.92. The third-order valence-corrected chi connectivity index (χ3v) is 6.92. The second-order valence-electron chi connectivity index (χ2n) is 8.97. The van der Waals surface area contributed by atoms with Crippen LogP contribution in [0.4, 0.5) is 22.7 Å². The molecule has 9 heteroatoms. The van der Waals surface area contributed by atoms with Gasteiger partial charge in [0.2, 0.25) is 0 Å². The first-order chi connectivity index (χ1) is 17.6. The van der Waals surface area contributed by atoms with E-state index in [0.717, 1.165) is 37.3 Å². The van der Waals surface area contributed by atoms with Crippen LogP contribution in [0.5, 0.6) is 0 Å².